The number of ether oxygens (including phenoxy) is 1. The third kappa shape index (κ3) is 0.727. The van der Waals surface area contributed by atoms with Crippen molar-refractivity contribution < 1.29 is 23.2 Å². The summed E-state index contributed by atoms with van der Waals surface area (Å²) in [5, 5.41) is 18.1. The van der Waals surface area contributed by atoms with Crippen molar-refractivity contribution in [3.8, 4) is 0 Å². The Morgan fingerprint density at radius 1 is 1.75 bits per heavy atom. The average Bonchev–Trinajstić information content (AvgIpc) is 1.78. The molecule has 0 spiro atoms. The monoisotopic (exact) mass is 124 g/mol. The molecule has 0 aromatic heterocycles. The van der Waals surface area contributed by atoms with Crippen molar-refractivity contribution in [1.82, 2.24) is 0 Å². The van der Waals surface area contributed by atoms with Gasteiger partial charge in [0.2, 0.25) is 0 Å². The van der Waals surface area contributed by atoms with Gasteiger partial charge in [-0.1, -0.05) is 0 Å². The van der Waals surface area contributed by atoms with Crippen molar-refractivity contribution in [2.75, 3.05) is 26.3 Å². The fourth-order valence-corrected chi connectivity index (χ4v) is 0.352. The minimum atomic E-state index is -3.22. The maximum Gasteiger partial charge on any atom is 0.0632 e. The van der Waals surface area contributed by atoms with Crippen LogP contribution in [0.15, 0.2) is 0 Å². The fourth-order valence-electron chi connectivity index (χ4n) is 0.352. The summed E-state index contributed by atoms with van der Waals surface area (Å²) < 4.78 is 46.4. The summed E-state index contributed by atoms with van der Waals surface area (Å²) in [4.78, 5) is 0. The van der Waals surface area contributed by atoms with Crippen LogP contribution in [-0.2, 0) is 4.74 Å². The lowest BCUT2D eigenvalue weighted by atomic mass is 9.88. The van der Waals surface area contributed by atoms with Crippen LogP contribution in [0.3, 0.4) is 0 Å². The van der Waals surface area contributed by atoms with E-state index in [1.54, 1.807) is 0 Å². The van der Waals surface area contributed by atoms with Crippen LogP contribution in [0.4, 0.5) is 0 Å². The molecule has 48 valence electrons. The number of rotatable bonds is 2. The van der Waals surface area contributed by atoms with Gasteiger partial charge in [-0.2, -0.15) is 0 Å². The van der Waals surface area contributed by atoms with Crippen molar-refractivity contribution in [2.24, 2.45) is 5.41 Å². The minimum absolute atomic E-state index is 0.729. The molecule has 1 fully saturated rings. The maximum absolute atomic E-state index is 9.07. The first kappa shape index (κ1) is 1.94. The van der Waals surface area contributed by atoms with Crippen LogP contribution < -0.4 is 0 Å². The Bertz CT molecular complexity index is 211. The molecule has 0 saturated carbocycles. The van der Waals surface area contributed by atoms with Crippen molar-refractivity contribution in [3.05, 3.63) is 0 Å². The minimum Gasteiger partial charge on any atom is -0.396 e. The average molecular weight is 124 g/mol. The van der Waals surface area contributed by atoms with Gasteiger partial charge >= 0.3 is 0 Å². The van der Waals surface area contributed by atoms with Gasteiger partial charge in [0.15, 0.2) is 0 Å². The molecule has 0 bridgehead atoms. The van der Waals surface area contributed by atoms with E-state index in [9.17, 15) is 0 Å². The quantitative estimate of drug-likeness (QED) is 0.496. The van der Waals surface area contributed by atoms with Gasteiger partial charge in [-0.3, -0.25) is 0 Å². The van der Waals surface area contributed by atoms with Crippen LogP contribution in [0.5, 0.6) is 0 Å². The van der Waals surface area contributed by atoms with Crippen LogP contribution in [-0.4, -0.2) is 36.5 Å². The highest BCUT2D eigenvalue weighted by atomic mass is 16.5. The van der Waals surface area contributed by atoms with Crippen LogP contribution in [0, 0.1) is 5.41 Å². The van der Waals surface area contributed by atoms with E-state index in [1.165, 1.54) is 0 Å². The molecule has 3 heteroatoms. The Labute approximate surface area is 56.3 Å². The third-order valence-corrected chi connectivity index (χ3v) is 0.917. The molecule has 0 atom stereocenters. The first-order valence-electron chi connectivity index (χ1n) is 5.04. The zero-order chi connectivity index (χ0) is 11.4. The predicted molar refractivity (Wildman–Crippen MR) is 27.4 cm³/mol. The van der Waals surface area contributed by atoms with Crippen molar-refractivity contribution in [3.63, 3.8) is 0 Å². The van der Waals surface area contributed by atoms with E-state index in [0.29, 0.717) is 0 Å². The molecule has 1 aliphatic rings. The molecule has 2 N–H and O–H groups in total. The predicted octanol–water partition coefficient (Wildman–Crippen LogP) is -1.01. The molecular formula is C5H10O3. The molecule has 1 saturated heterocycles. The summed E-state index contributed by atoms with van der Waals surface area (Å²) in [6, 6.07) is 0. The van der Waals surface area contributed by atoms with Gasteiger partial charge in [0.05, 0.1) is 39.9 Å². The van der Waals surface area contributed by atoms with E-state index in [-0.39, 0.29) is 0 Å². The highest BCUT2D eigenvalue weighted by Gasteiger charge is 2.37. The summed E-state index contributed by atoms with van der Waals surface area (Å²) in [6.07, 6.45) is 0. The second-order valence-corrected chi connectivity index (χ2v) is 1.52. The van der Waals surface area contributed by atoms with Gasteiger partial charge in [-0.05, 0) is 0 Å². The van der Waals surface area contributed by atoms with Gasteiger partial charge in [0, 0.05) is 0 Å². The molecule has 1 aliphatic heterocycles. The molecule has 3 nitrogen and oxygen atoms in total. The number of hydrogen-bond donors (Lipinski definition) is 2. The first-order chi connectivity index (χ1) is 5.96. The van der Waals surface area contributed by atoms with Gasteiger partial charge in [0.25, 0.3) is 0 Å². The standard InChI is InChI=1S/C5H10O3/c6-1-5(2-7)3-8-4-5/h6-7H,1-4H2/i1D2,2D2,3D2. The Morgan fingerprint density at radius 2 is 2.38 bits per heavy atom. The summed E-state index contributed by atoms with van der Waals surface area (Å²) in [7, 11) is 0. The summed E-state index contributed by atoms with van der Waals surface area (Å²) >= 11 is 0. The lowest BCUT2D eigenvalue weighted by molar-refractivity contribution is -0.157. The third-order valence-electron chi connectivity index (χ3n) is 0.917. The highest BCUT2D eigenvalue weighted by molar-refractivity contribution is 4.83. The van der Waals surface area contributed by atoms with Gasteiger partial charge in [-0.15, -0.1) is 0 Å². The smallest absolute Gasteiger partial charge is 0.0632 e. The van der Waals surface area contributed by atoms with Gasteiger partial charge < -0.3 is 14.9 Å². The molecule has 0 aliphatic carbocycles. The van der Waals surface area contributed by atoms with Crippen LogP contribution in [0.1, 0.15) is 8.22 Å². The lowest BCUT2D eigenvalue weighted by Gasteiger charge is -2.37. The second kappa shape index (κ2) is 2.01. The molecule has 1 heterocycles. The van der Waals surface area contributed by atoms with E-state index < -0.39 is 31.7 Å². The first-order valence-corrected chi connectivity index (χ1v) is 2.04. The molecule has 0 radical (unpaired) electrons. The Hall–Kier alpha value is -0.120. The fraction of sp³-hybridized carbons (Fsp3) is 1.00. The zero-order valence-electron chi connectivity index (χ0n) is 10.0. The van der Waals surface area contributed by atoms with Crippen LogP contribution in [0.2, 0.25) is 0 Å². The molecule has 0 aromatic carbocycles. The van der Waals surface area contributed by atoms with Crippen LogP contribution >= 0.6 is 0 Å². The maximum atomic E-state index is 9.07. The Morgan fingerprint density at radius 3 is 2.38 bits per heavy atom. The van der Waals surface area contributed by atoms with Crippen molar-refractivity contribution in [1.29, 1.82) is 0 Å². The second-order valence-electron chi connectivity index (χ2n) is 1.52. The normalized spacial score (nSPS) is 45.8. The van der Waals surface area contributed by atoms with Crippen molar-refractivity contribution >= 4 is 0 Å². The molecular weight excluding hydrogens is 108 g/mol. The van der Waals surface area contributed by atoms with E-state index in [4.69, 9.17) is 18.4 Å². The topological polar surface area (TPSA) is 49.7 Å². The molecule has 1 rings (SSSR count). The van der Waals surface area contributed by atoms with Crippen LogP contribution in [0.25, 0.3) is 0 Å². The summed E-state index contributed by atoms with van der Waals surface area (Å²) in [5.41, 5.74) is -2.62. The van der Waals surface area contributed by atoms with E-state index in [1.807, 2.05) is 0 Å². The SMILES string of the molecule is [2H]C([2H])(O)C1(C([2H])([2H])O)COC1([2H])[2H]. The molecule has 8 heavy (non-hydrogen) atoms. The Balaban J connectivity index is 3.20. The molecule has 0 unspecified atom stereocenters. The number of hydrogen-bond acceptors (Lipinski definition) is 3. The Kier molecular flexibility index (Phi) is 0.486. The van der Waals surface area contributed by atoms with E-state index in [2.05, 4.69) is 4.74 Å². The highest BCUT2D eigenvalue weighted by Crippen LogP contribution is 2.24. The van der Waals surface area contributed by atoms with E-state index >= 15 is 0 Å². The van der Waals surface area contributed by atoms with E-state index in [0.717, 1.165) is 0 Å². The van der Waals surface area contributed by atoms with Gasteiger partial charge in [-0.25, -0.2) is 0 Å². The largest absolute Gasteiger partial charge is 0.396 e. The van der Waals surface area contributed by atoms with Gasteiger partial charge in [0.1, 0.15) is 0 Å². The number of aliphatic hydroxyl groups is 2. The molecule has 0 amide bonds. The lowest BCUT2D eigenvalue weighted by Crippen LogP contribution is -2.48. The summed E-state index contributed by atoms with van der Waals surface area (Å²) in [6.45, 7) is -9.91. The zero-order valence-corrected chi connectivity index (χ0v) is 4.01. The summed E-state index contributed by atoms with van der Waals surface area (Å²) in [5.74, 6) is 0. The van der Waals surface area contributed by atoms with Crippen molar-refractivity contribution in [2.45, 2.75) is 0 Å². The molecule has 0 aromatic rings.